The van der Waals surface area contributed by atoms with E-state index in [2.05, 4.69) is 10.2 Å². The van der Waals surface area contributed by atoms with Gasteiger partial charge in [-0.05, 0) is 0 Å². The zero-order chi connectivity index (χ0) is 14.3. The Morgan fingerprint density at radius 1 is 1.14 bits per heavy atom. The Morgan fingerprint density at radius 3 is 2.62 bits per heavy atom. The molecule has 0 amide bonds. The van der Waals surface area contributed by atoms with Crippen molar-refractivity contribution in [2.75, 3.05) is 0 Å². The summed E-state index contributed by atoms with van der Waals surface area (Å²) in [5.41, 5.74) is 2.37. The molecule has 1 heterocycles. The van der Waals surface area contributed by atoms with Crippen LogP contribution in [0.3, 0.4) is 0 Å². The number of nitrogens with one attached hydrogen (secondary N) is 1. The molecule has 0 saturated carbocycles. The second-order valence-electron chi connectivity index (χ2n) is 4.45. The number of hydrogen-bond acceptors (Lipinski definition) is 3. The Balaban J connectivity index is 0.00000161. The fourth-order valence-corrected chi connectivity index (χ4v) is 3.18. The molecule has 0 saturated heterocycles. The molecule has 0 aliphatic carbocycles. The van der Waals surface area contributed by atoms with Gasteiger partial charge in [0.25, 0.3) is 0 Å². The quantitative estimate of drug-likeness (QED) is 0.632. The molecule has 0 bridgehead atoms. The Labute approximate surface area is 136 Å². The number of nitrogens with zero attached hydrogens (tertiary/aromatic N) is 1. The number of rotatable bonds is 2. The van der Waals surface area contributed by atoms with Gasteiger partial charge in [-0.2, -0.15) is 0 Å². The van der Waals surface area contributed by atoms with E-state index >= 15 is 0 Å². The molecule has 3 aromatic rings. The Kier molecular flexibility index (Phi) is 4.44. The standard InChI is InChI=1S/C13H12AsN3O2S.ClH/c14-9-4-5-12-11(7-9)13(17-16-12)8-2-1-3-10(6-8)20(15,18)19;/h1-7H,14H2,(H,16,17)(H2,15,18,19);1H. The zero-order valence-corrected chi connectivity index (χ0v) is 14.8. The van der Waals surface area contributed by atoms with Crippen molar-refractivity contribution in [3.05, 3.63) is 42.5 Å². The number of aromatic nitrogens is 2. The molecule has 21 heavy (non-hydrogen) atoms. The molecule has 5 nitrogen and oxygen atoms in total. The van der Waals surface area contributed by atoms with Crippen LogP contribution in [0, 0.1) is 0 Å². The van der Waals surface area contributed by atoms with Gasteiger partial charge in [0, 0.05) is 0 Å². The average molecular weight is 386 g/mol. The van der Waals surface area contributed by atoms with E-state index in [4.69, 9.17) is 5.14 Å². The van der Waals surface area contributed by atoms with Gasteiger partial charge < -0.3 is 0 Å². The molecule has 0 spiro atoms. The van der Waals surface area contributed by atoms with Crippen molar-refractivity contribution in [3.8, 4) is 11.3 Å². The van der Waals surface area contributed by atoms with Crippen LogP contribution < -0.4 is 9.49 Å². The van der Waals surface area contributed by atoms with Gasteiger partial charge in [-0.3, -0.25) is 0 Å². The van der Waals surface area contributed by atoms with E-state index in [9.17, 15) is 8.42 Å². The molecule has 1 unspecified atom stereocenters. The van der Waals surface area contributed by atoms with E-state index in [1.54, 1.807) is 12.1 Å². The fraction of sp³-hybridized carbons (Fsp3) is 0. The van der Waals surface area contributed by atoms with Gasteiger partial charge in [-0.25, -0.2) is 0 Å². The van der Waals surface area contributed by atoms with Gasteiger partial charge >= 0.3 is 125 Å². The average Bonchev–Trinajstić information content (AvgIpc) is 2.81. The van der Waals surface area contributed by atoms with Crippen molar-refractivity contribution in [3.63, 3.8) is 0 Å². The predicted octanol–water partition coefficient (Wildman–Crippen LogP) is 0.557. The minimum atomic E-state index is -3.71. The number of aromatic amines is 1. The molecule has 0 radical (unpaired) electrons. The fourth-order valence-electron chi connectivity index (χ4n) is 2.07. The number of primary sulfonamides is 1. The SMILES string of the molecule is Cl.NS(=O)(=O)c1cccc(-c2n[nH]c3ccc([AsH2])cc23)c1. The van der Waals surface area contributed by atoms with Crippen molar-refractivity contribution < 1.29 is 8.42 Å². The third-order valence-corrected chi connectivity index (χ3v) is 4.69. The first-order valence-corrected chi connectivity index (χ1v) is 8.58. The Bertz CT molecular complexity index is 909. The second kappa shape index (κ2) is 5.81. The van der Waals surface area contributed by atoms with Gasteiger partial charge in [-0.1, -0.05) is 0 Å². The molecule has 3 N–H and O–H groups in total. The summed E-state index contributed by atoms with van der Waals surface area (Å²) in [6.45, 7) is 0. The van der Waals surface area contributed by atoms with Crippen molar-refractivity contribution >= 4 is 54.5 Å². The van der Waals surface area contributed by atoms with Gasteiger partial charge in [0.1, 0.15) is 0 Å². The van der Waals surface area contributed by atoms with E-state index in [-0.39, 0.29) is 17.3 Å². The van der Waals surface area contributed by atoms with E-state index < -0.39 is 10.0 Å². The maximum atomic E-state index is 11.4. The number of sulfonamides is 1. The third-order valence-electron chi connectivity index (χ3n) is 3.02. The summed E-state index contributed by atoms with van der Waals surface area (Å²) in [6.07, 6.45) is 0. The van der Waals surface area contributed by atoms with Crippen LogP contribution in [0.15, 0.2) is 47.4 Å². The first-order valence-electron chi connectivity index (χ1n) is 5.82. The summed E-state index contributed by atoms with van der Waals surface area (Å²) in [5, 5.41) is 13.4. The van der Waals surface area contributed by atoms with E-state index in [1.807, 2.05) is 24.3 Å². The van der Waals surface area contributed by atoms with Gasteiger partial charge in [0.2, 0.25) is 0 Å². The van der Waals surface area contributed by atoms with E-state index in [1.165, 1.54) is 27.3 Å². The van der Waals surface area contributed by atoms with Crippen LogP contribution in [-0.4, -0.2) is 35.5 Å². The zero-order valence-electron chi connectivity index (χ0n) is 10.8. The van der Waals surface area contributed by atoms with Crippen LogP contribution >= 0.6 is 12.4 Å². The van der Waals surface area contributed by atoms with Crippen molar-refractivity contribution in [1.29, 1.82) is 0 Å². The number of fused-ring (bicyclic) bond motifs is 1. The topological polar surface area (TPSA) is 88.8 Å². The maximum absolute atomic E-state index is 11.4. The summed E-state index contributed by atoms with van der Waals surface area (Å²) in [4.78, 5) is 0.0861. The van der Waals surface area contributed by atoms with Gasteiger partial charge in [0.15, 0.2) is 0 Å². The molecule has 8 heteroatoms. The molecule has 0 aliphatic heterocycles. The summed E-state index contributed by atoms with van der Waals surface area (Å²) in [6, 6.07) is 12.5. The van der Waals surface area contributed by atoms with Crippen molar-refractivity contribution in [2.45, 2.75) is 4.90 Å². The van der Waals surface area contributed by atoms with Crippen LogP contribution in [0.2, 0.25) is 0 Å². The van der Waals surface area contributed by atoms with Crippen LogP contribution in [0.5, 0.6) is 0 Å². The molecule has 3 rings (SSSR count). The van der Waals surface area contributed by atoms with Crippen molar-refractivity contribution in [2.24, 2.45) is 5.14 Å². The monoisotopic (exact) mass is 385 g/mol. The van der Waals surface area contributed by atoms with Gasteiger partial charge in [-0.15, -0.1) is 12.4 Å². The molecule has 110 valence electrons. The number of nitrogens with two attached hydrogens (primary N) is 1. The Morgan fingerprint density at radius 2 is 1.90 bits per heavy atom. The van der Waals surface area contributed by atoms with E-state index in [0.717, 1.165) is 22.2 Å². The normalized spacial score (nSPS) is 11.3. The summed E-state index contributed by atoms with van der Waals surface area (Å²) in [5.74, 6) is 0. The van der Waals surface area contributed by atoms with Crippen LogP contribution in [0.1, 0.15) is 0 Å². The van der Waals surface area contributed by atoms with E-state index in [0.29, 0.717) is 0 Å². The predicted molar refractivity (Wildman–Crippen MR) is 88.3 cm³/mol. The molecular formula is C13H13AsClN3O2S. The molecule has 1 aromatic heterocycles. The third kappa shape index (κ3) is 3.14. The Hall–Kier alpha value is -1.33. The summed E-state index contributed by atoms with van der Waals surface area (Å²) >= 11 is 1.53. The number of hydrogen-bond donors (Lipinski definition) is 2. The molecule has 0 aliphatic rings. The molecule has 2 aromatic carbocycles. The second-order valence-corrected chi connectivity index (χ2v) is 7.41. The van der Waals surface area contributed by atoms with Crippen LogP contribution in [0.4, 0.5) is 0 Å². The number of halogens is 1. The molecule has 1 atom stereocenters. The summed E-state index contributed by atoms with van der Waals surface area (Å²) in [7, 11) is -3.71. The summed E-state index contributed by atoms with van der Waals surface area (Å²) < 4.78 is 24.0. The van der Waals surface area contributed by atoms with Crippen LogP contribution in [0.25, 0.3) is 22.2 Å². The minimum absolute atomic E-state index is 0. The molecule has 0 fully saturated rings. The first-order chi connectivity index (χ1) is 9.45. The van der Waals surface area contributed by atoms with Gasteiger partial charge in [0.05, 0.1) is 0 Å². The number of benzene rings is 2. The number of H-pyrrole nitrogens is 1. The van der Waals surface area contributed by atoms with Crippen molar-refractivity contribution in [1.82, 2.24) is 10.2 Å². The first kappa shape index (κ1) is 16.0. The molecular weight excluding hydrogens is 373 g/mol. The van der Waals surface area contributed by atoms with Crippen LogP contribution in [-0.2, 0) is 10.0 Å².